The average molecular weight is 1800 g/mol. The lowest BCUT2D eigenvalue weighted by Crippen LogP contribution is -1.85. The Morgan fingerprint density at radius 2 is 0.516 bits per heavy atom. The normalized spacial score (nSPS) is 11.7. The van der Waals surface area contributed by atoms with Crippen LogP contribution in [0.4, 0.5) is 0 Å². The van der Waals surface area contributed by atoms with E-state index in [1.54, 1.807) is 6.20 Å². The van der Waals surface area contributed by atoms with Gasteiger partial charge in [-0.15, -0.1) is 79.4 Å². The molecule has 640 valence electrons. The van der Waals surface area contributed by atoms with Crippen LogP contribution in [0.2, 0.25) is 0 Å². The second-order valence-electron chi connectivity index (χ2n) is 35.5. The SMILES string of the molecule is CC(C)c1ccc2c(c1)sc1ccccc12.CC(C)c1ccc2c(c1)sc1cccnc12.CC(C)c1ccc2oc3cccnc3c2c1.CC(C)c1ccc2sc3ccccc3c2c1.CC(C)c1ccc2sc3ccccc3c2c1.CC(C)c1ccc2sc3cccnc3c2c1.CC(C)c1ccc2sc3ccncc3c2c1.CC(C)c1cccc2c1sc1ccccc12. The maximum absolute atomic E-state index is 5.72. The Balaban J connectivity index is 0.000000103. The highest BCUT2D eigenvalue weighted by Gasteiger charge is 2.17. The molecule has 0 unspecified atom stereocenters. The van der Waals surface area contributed by atoms with E-state index >= 15 is 0 Å². The number of benzene rings is 12. The second kappa shape index (κ2) is 39.3. The van der Waals surface area contributed by atoms with Crippen LogP contribution in [-0.4, -0.2) is 19.9 Å². The number of furan rings is 1. The van der Waals surface area contributed by atoms with Crippen molar-refractivity contribution in [2.75, 3.05) is 0 Å². The number of aromatic nitrogens is 4. The van der Waals surface area contributed by atoms with Crippen molar-refractivity contribution in [3.05, 3.63) is 361 Å². The molecule has 0 saturated heterocycles. The minimum absolute atomic E-state index is 0.526. The molecule has 0 spiro atoms. The van der Waals surface area contributed by atoms with Gasteiger partial charge in [-0.2, -0.15) is 0 Å². The van der Waals surface area contributed by atoms with Crippen LogP contribution >= 0.6 is 79.4 Å². The highest BCUT2D eigenvalue weighted by Crippen LogP contribution is 2.44. The fourth-order valence-corrected chi connectivity index (χ4v) is 24.4. The molecule has 0 aliphatic rings. The predicted octanol–water partition coefficient (Wildman–Crippen LogP) is 38.5. The Morgan fingerprint density at radius 3 is 1.01 bits per heavy atom. The van der Waals surface area contributed by atoms with Gasteiger partial charge in [0.05, 0.1) is 20.4 Å². The van der Waals surface area contributed by atoms with E-state index in [1.807, 2.05) is 134 Å². The molecule has 0 N–H and O–H groups in total. The smallest absolute Gasteiger partial charge is 0.153 e. The Kier molecular flexibility index (Phi) is 27.2. The number of pyridine rings is 4. The molecule has 24 aromatic rings. The minimum Gasteiger partial charge on any atom is -0.454 e. The molecule has 0 fully saturated rings. The molecule has 0 aliphatic heterocycles. The van der Waals surface area contributed by atoms with E-state index < -0.39 is 0 Å². The molecule has 12 aromatic carbocycles. The summed E-state index contributed by atoms with van der Waals surface area (Å²) in [5, 5.41) is 17.5. The van der Waals surface area contributed by atoms with Gasteiger partial charge in [-0.1, -0.05) is 256 Å². The van der Waals surface area contributed by atoms with Crippen molar-refractivity contribution in [1.82, 2.24) is 19.9 Å². The van der Waals surface area contributed by atoms with Crippen LogP contribution in [0.1, 0.15) is 203 Å². The first kappa shape index (κ1) is 88.6. The van der Waals surface area contributed by atoms with Crippen LogP contribution in [-0.2, 0) is 0 Å². The molecule has 0 bridgehead atoms. The predicted molar refractivity (Wildman–Crippen MR) is 573 cm³/mol. The van der Waals surface area contributed by atoms with Crippen LogP contribution in [0.5, 0.6) is 0 Å². The molecule has 0 aliphatic carbocycles. The molecule has 5 nitrogen and oxygen atoms in total. The number of hydrogen-bond acceptors (Lipinski definition) is 12. The average Bonchev–Trinajstić information content (AvgIpc) is 1.60. The summed E-state index contributed by atoms with van der Waals surface area (Å²) in [4.78, 5) is 17.5. The van der Waals surface area contributed by atoms with Gasteiger partial charge in [-0.25, -0.2) is 0 Å². The molecule has 0 atom stereocenters. The van der Waals surface area contributed by atoms with E-state index in [1.165, 1.54) is 175 Å². The highest BCUT2D eigenvalue weighted by molar-refractivity contribution is 7.28. The molecule has 24 rings (SSSR count). The number of nitrogens with zero attached hydrogens (tertiary/aromatic N) is 4. The summed E-state index contributed by atoms with van der Waals surface area (Å²) in [6, 6.07) is 103. The summed E-state index contributed by atoms with van der Waals surface area (Å²) in [6.45, 7) is 35.7. The van der Waals surface area contributed by atoms with Gasteiger partial charge in [-0.05, 0) is 231 Å². The van der Waals surface area contributed by atoms with Gasteiger partial charge in [0.1, 0.15) is 11.1 Å². The standard InChI is InChI=1S/4C15H14S.C14H13NO.3C14H13NS/c1-10(2)11-7-5-8-13-12-6-3-4-9-14(12)16-15(11)13;2*1-10(2)11-7-8-15-13(9-11)12-5-3-4-6-14(12)16-15;1-10(2)11-7-8-13-12-5-3-4-6-14(12)16-15(13)9-11;1-9(2)10-5-6-12-11(8-10)14-13(16-12)4-3-7-15-14;1-9(2)10-3-4-13-11(7-10)12-8-15-6-5-14(12)16-13;1-9(2)10-5-6-12-11(8-10)14-13(16-12)4-3-7-15-14;1-9(2)10-5-6-11-13(8-10)16-12-4-3-7-15-14(11)12/h4*3-10H,1-2H3;4*3-9H,1-2H3. The van der Waals surface area contributed by atoms with E-state index in [-0.39, 0.29) is 0 Å². The maximum Gasteiger partial charge on any atom is 0.153 e. The van der Waals surface area contributed by atoms with Crippen molar-refractivity contribution in [2.45, 2.75) is 158 Å². The zero-order chi connectivity index (χ0) is 89.0. The molecule has 0 amide bonds. The van der Waals surface area contributed by atoms with Crippen molar-refractivity contribution in [2.24, 2.45) is 0 Å². The first-order chi connectivity index (χ1) is 62.0. The van der Waals surface area contributed by atoms with Crippen molar-refractivity contribution in [3.8, 4) is 0 Å². The molecule has 128 heavy (non-hydrogen) atoms. The van der Waals surface area contributed by atoms with Crippen molar-refractivity contribution >= 4 is 243 Å². The summed E-state index contributed by atoms with van der Waals surface area (Å²) < 4.78 is 24.8. The minimum atomic E-state index is 0.526. The lowest BCUT2D eigenvalue weighted by atomic mass is 10.0. The van der Waals surface area contributed by atoms with Crippen LogP contribution in [0.3, 0.4) is 0 Å². The topological polar surface area (TPSA) is 64.7 Å². The number of hydrogen-bond donors (Lipinski definition) is 0. The van der Waals surface area contributed by atoms with Gasteiger partial charge in [0.2, 0.25) is 0 Å². The first-order valence-electron chi connectivity index (χ1n) is 44.8. The summed E-state index contributed by atoms with van der Waals surface area (Å²) >= 11 is 13.1. The zero-order valence-corrected chi connectivity index (χ0v) is 81.4. The molecule has 12 aromatic heterocycles. The monoisotopic (exact) mass is 1800 g/mol. The fourth-order valence-electron chi connectivity index (χ4n) is 16.4. The summed E-state index contributed by atoms with van der Waals surface area (Å²) in [5.74, 6) is 4.66. The summed E-state index contributed by atoms with van der Waals surface area (Å²) in [5.41, 5.74) is 16.3. The summed E-state index contributed by atoms with van der Waals surface area (Å²) in [7, 11) is 0. The third kappa shape index (κ3) is 19.2. The van der Waals surface area contributed by atoms with Gasteiger partial charge in [0.15, 0.2) is 5.58 Å². The Labute approximate surface area is 779 Å². The molecular weight excluding hydrogens is 1690 g/mol. The van der Waals surface area contributed by atoms with Crippen LogP contribution in [0.25, 0.3) is 164 Å². The fraction of sp³-hybridized carbons (Fsp3) is 0.207. The Morgan fingerprint density at radius 1 is 0.195 bits per heavy atom. The molecule has 12 heterocycles. The Hall–Kier alpha value is -11.4. The number of fused-ring (bicyclic) bond motifs is 24. The maximum atomic E-state index is 5.72. The third-order valence-electron chi connectivity index (χ3n) is 24.0. The van der Waals surface area contributed by atoms with Crippen LogP contribution in [0, 0.1) is 0 Å². The lowest BCUT2D eigenvalue weighted by molar-refractivity contribution is 0.667. The van der Waals surface area contributed by atoms with Crippen molar-refractivity contribution in [1.29, 1.82) is 0 Å². The zero-order valence-electron chi connectivity index (χ0n) is 75.7. The Bertz CT molecular complexity index is 7190. The van der Waals surface area contributed by atoms with Gasteiger partial charge >= 0.3 is 0 Å². The van der Waals surface area contributed by atoms with E-state index in [4.69, 9.17) is 4.42 Å². The molecule has 12 heteroatoms. The third-order valence-corrected chi connectivity index (χ3v) is 32.0. The van der Waals surface area contributed by atoms with Gasteiger partial charge in [-0.3, -0.25) is 19.9 Å². The van der Waals surface area contributed by atoms with Crippen LogP contribution in [0.15, 0.2) is 321 Å². The number of thiophene rings is 7. The molecular formula is C116H108N4OS7. The second-order valence-corrected chi connectivity index (χ2v) is 43.0. The lowest BCUT2D eigenvalue weighted by Gasteiger charge is -2.05. The van der Waals surface area contributed by atoms with E-state index in [9.17, 15) is 0 Å². The van der Waals surface area contributed by atoms with Crippen molar-refractivity contribution < 1.29 is 4.42 Å². The van der Waals surface area contributed by atoms with Gasteiger partial charge < -0.3 is 4.42 Å². The molecule has 0 saturated carbocycles. The van der Waals surface area contributed by atoms with E-state index in [0.717, 1.165) is 33.1 Å². The van der Waals surface area contributed by atoms with E-state index in [2.05, 4.69) is 386 Å². The van der Waals surface area contributed by atoms with Gasteiger partial charge in [0.25, 0.3) is 0 Å². The summed E-state index contributed by atoms with van der Waals surface area (Å²) in [6.07, 6.45) is 9.38. The van der Waals surface area contributed by atoms with Gasteiger partial charge in [0, 0.05) is 157 Å². The van der Waals surface area contributed by atoms with Crippen molar-refractivity contribution in [3.63, 3.8) is 0 Å². The quantitative estimate of drug-likeness (QED) is 0.152. The van der Waals surface area contributed by atoms with Crippen LogP contribution < -0.4 is 0 Å². The number of rotatable bonds is 8. The largest absolute Gasteiger partial charge is 0.454 e. The van der Waals surface area contributed by atoms with E-state index in [0.29, 0.717) is 47.3 Å². The molecule has 0 radical (unpaired) electrons. The first-order valence-corrected chi connectivity index (χ1v) is 50.5. The highest BCUT2D eigenvalue weighted by atomic mass is 32.1.